The first kappa shape index (κ1) is 9.48. The molecule has 68 valence electrons. The maximum absolute atomic E-state index is 5.51. The Morgan fingerprint density at radius 1 is 1.67 bits per heavy atom. The monoisotopic (exact) mass is 186 g/mol. The fraction of sp³-hybridized carbons (Fsp3) is 0.625. The second-order valence-corrected chi connectivity index (χ2v) is 4.45. The topological polar surface area (TPSA) is 48.1 Å². The van der Waals surface area contributed by atoms with Crippen LogP contribution in [0.15, 0.2) is 6.20 Å². The molecule has 0 atom stereocenters. The molecule has 0 fully saturated rings. The number of hydrogen-bond donors (Lipinski definition) is 1. The van der Waals surface area contributed by atoms with E-state index in [1.807, 2.05) is 13.8 Å². The minimum Gasteiger partial charge on any atom is -0.378 e. The van der Waals surface area contributed by atoms with E-state index in [4.69, 9.17) is 10.5 Å². The van der Waals surface area contributed by atoms with Gasteiger partial charge in [-0.3, -0.25) is 0 Å². The van der Waals surface area contributed by atoms with Crippen LogP contribution in [0.4, 0.5) is 5.13 Å². The molecule has 0 aromatic carbocycles. The first-order valence-electron chi connectivity index (χ1n) is 3.79. The largest absolute Gasteiger partial charge is 0.378 e. The van der Waals surface area contributed by atoms with Crippen LogP contribution in [0.25, 0.3) is 0 Å². The highest BCUT2D eigenvalue weighted by atomic mass is 32.1. The zero-order chi connectivity index (χ0) is 9.19. The van der Waals surface area contributed by atoms with Crippen LogP contribution in [-0.4, -0.2) is 17.7 Å². The van der Waals surface area contributed by atoms with Crippen molar-refractivity contribution in [1.82, 2.24) is 4.98 Å². The van der Waals surface area contributed by atoms with E-state index in [9.17, 15) is 0 Å². The summed E-state index contributed by atoms with van der Waals surface area (Å²) in [6.45, 7) is 4.09. The first-order valence-corrected chi connectivity index (χ1v) is 4.60. The molecule has 0 unspecified atom stereocenters. The van der Waals surface area contributed by atoms with Crippen molar-refractivity contribution in [3.63, 3.8) is 0 Å². The fourth-order valence-electron chi connectivity index (χ4n) is 0.896. The normalized spacial score (nSPS) is 11.9. The van der Waals surface area contributed by atoms with Crippen molar-refractivity contribution in [2.24, 2.45) is 0 Å². The van der Waals surface area contributed by atoms with Gasteiger partial charge in [0.05, 0.1) is 5.60 Å². The van der Waals surface area contributed by atoms with Gasteiger partial charge in [0, 0.05) is 24.6 Å². The smallest absolute Gasteiger partial charge is 0.180 e. The van der Waals surface area contributed by atoms with Crippen molar-refractivity contribution < 1.29 is 4.74 Å². The van der Waals surface area contributed by atoms with Crippen molar-refractivity contribution >= 4 is 16.5 Å². The molecular formula is C8H14N2OS. The Morgan fingerprint density at radius 3 is 2.75 bits per heavy atom. The van der Waals surface area contributed by atoms with Gasteiger partial charge in [0.15, 0.2) is 5.13 Å². The molecule has 1 aromatic heterocycles. The molecule has 1 aromatic rings. The fourth-order valence-corrected chi connectivity index (χ4v) is 1.80. The molecule has 0 saturated heterocycles. The van der Waals surface area contributed by atoms with E-state index in [1.54, 1.807) is 13.3 Å². The Balaban J connectivity index is 2.63. The number of anilines is 1. The number of thiazole rings is 1. The Labute approximate surface area is 76.6 Å². The molecule has 0 saturated carbocycles. The molecule has 4 heteroatoms. The summed E-state index contributed by atoms with van der Waals surface area (Å²) in [6, 6.07) is 0. The van der Waals surface area contributed by atoms with Gasteiger partial charge in [0.2, 0.25) is 0 Å². The van der Waals surface area contributed by atoms with E-state index in [-0.39, 0.29) is 5.60 Å². The zero-order valence-electron chi connectivity index (χ0n) is 7.63. The number of nitrogen functional groups attached to an aromatic ring is 1. The highest BCUT2D eigenvalue weighted by molar-refractivity contribution is 7.15. The van der Waals surface area contributed by atoms with E-state index in [2.05, 4.69) is 4.98 Å². The molecule has 0 aliphatic heterocycles. The van der Waals surface area contributed by atoms with E-state index >= 15 is 0 Å². The lowest BCUT2D eigenvalue weighted by atomic mass is 10.1. The van der Waals surface area contributed by atoms with Crippen molar-refractivity contribution in [2.75, 3.05) is 12.8 Å². The quantitative estimate of drug-likeness (QED) is 0.781. The van der Waals surface area contributed by atoms with Gasteiger partial charge >= 0.3 is 0 Å². The van der Waals surface area contributed by atoms with Crippen LogP contribution < -0.4 is 5.73 Å². The zero-order valence-corrected chi connectivity index (χ0v) is 8.44. The summed E-state index contributed by atoms with van der Waals surface area (Å²) in [5, 5.41) is 0.622. The SMILES string of the molecule is COC(C)(C)Cc1cnc(N)s1. The highest BCUT2D eigenvalue weighted by Gasteiger charge is 2.18. The van der Waals surface area contributed by atoms with E-state index < -0.39 is 0 Å². The van der Waals surface area contributed by atoms with Crippen molar-refractivity contribution in [3.8, 4) is 0 Å². The van der Waals surface area contributed by atoms with Gasteiger partial charge in [-0.2, -0.15) is 0 Å². The van der Waals surface area contributed by atoms with Crippen LogP contribution in [-0.2, 0) is 11.2 Å². The van der Waals surface area contributed by atoms with Crippen LogP contribution in [0.5, 0.6) is 0 Å². The third-order valence-electron chi connectivity index (χ3n) is 1.72. The van der Waals surface area contributed by atoms with Gasteiger partial charge in [-0.1, -0.05) is 0 Å². The molecular weight excluding hydrogens is 172 g/mol. The van der Waals surface area contributed by atoms with Crippen LogP contribution >= 0.6 is 11.3 Å². The highest BCUT2D eigenvalue weighted by Crippen LogP contribution is 2.21. The van der Waals surface area contributed by atoms with E-state index in [0.29, 0.717) is 5.13 Å². The predicted octanol–water partition coefficient (Wildman–Crippen LogP) is 1.69. The third kappa shape index (κ3) is 2.46. The lowest BCUT2D eigenvalue weighted by Gasteiger charge is -2.21. The Kier molecular flexibility index (Phi) is 2.69. The number of nitrogens with two attached hydrogens (primary N) is 1. The van der Waals surface area contributed by atoms with E-state index in [1.165, 1.54) is 16.2 Å². The summed E-state index contributed by atoms with van der Waals surface area (Å²) in [5.74, 6) is 0. The standard InChI is InChI=1S/C8H14N2OS/c1-8(2,11-3)4-6-5-10-7(9)12-6/h5H,4H2,1-3H3,(H2,9,10). The number of rotatable bonds is 3. The second kappa shape index (κ2) is 3.41. The summed E-state index contributed by atoms with van der Waals surface area (Å²) < 4.78 is 5.29. The summed E-state index contributed by atoms with van der Waals surface area (Å²) in [5.41, 5.74) is 5.38. The first-order chi connectivity index (χ1) is 5.53. The minimum atomic E-state index is -0.126. The maximum Gasteiger partial charge on any atom is 0.180 e. The number of hydrogen-bond acceptors (Lipinski definition) is 4. The molecule has 3 nitrogen and oxygen atoms in total. The summed E-state index contributed by atoms with van der Waals surface area (Å²) in [4.78, 5) is 5.14. The second-order valence-electron chi connectivity index (χ2n) is 3.31. The number of nitrogens with zero attached hydrogens (tertiary/aromatic N) is 1. The van der Waals surface area contributed by atoms with Crippen molar-refractivity contribution in [1.29, 1.82) is 0 Å². The molecule has 0 aliphatic rings. The number of ether oxygens (including phenoxy) is 1. The lowest BCUT2D eigenvalue weighted by Crippen LogP contribution is -2.24. The van der Waals surface area contributed by atoms with Gasteiger partial charge in [0.25, 0.3) is 0 Å². The molecule has 0 aliphatic carbocycles. The van der Waals surface area contributed by atoms with Crippen LogP contribution in [0, 0.1) is 0 Å². The van der Waals surface area contributed by atoms with Gasteiger partial charge in [-0.15, -0.1) is 11.3 Å². The van der Waals surface area contributed by atoms with Crippen LogP contribution in [0.3, 0.4) is 0 Å². The van der Waals surface area contributed by atoms with Crippen molar-refractivity contribution in [2.45, 2.75) is 25.9 Å². The van der Waals surface area contributed by atoms with Crippen LogP contribution in [0.1, 0.15) is 18.7 Å². The Morgan fingerprint density at radius 2 is 2.33 bits per heavy atom. The molecule has 1 rings (SSSR count). The maximum atomic E-state index is 5.51. The number of methoxy groups -OCH3 is 1. The lowest BCUT2D eigenvalue weighted by molar-refractivity contribution is 0.0238. The summed E-state index contributed by atoms with van der Waals surface area (Å²) in [6.07, 6.45) is 2.67. The molecule has 0 radical (unpaired) electrons. The number of aromatic nitrogens is 1. The Hall–Kier alpha value is -0.610. The van der Waals surface area contributed by atoms with Gasteiger partial charge < -0.3 is 10.5 Å². The van der Waals surface area contributed by atoms with Crippen molar-refractivity contribution in [3.05, 3.63) is 11.1 Å². The average Bonchev–Trinajstić information content (AvgIpc) is 2.35. The van der Waals surface area contributed by atoms with Gasteiger partial charge in [0.1, 0.15) is 0 Å². The Bertz CT molecular complexity index is 257. The van der Waals surface area contributed by atoms with Gasteiger partial charge in [-0.25, -0.2) is 4.98 Å². The molecule has 1 heterocycles. The van der Waals surface area contributed by atoms with Crippen LogP contribution in [0.2, 0.25) is 0 Å². The molecule has 2 N–H and O–H groups in total. The summed E-state index contributed by atoms with van der Waals surface area (Å²) in [7, 11) is 1.71. The average molecular weight is 186 g/mol. The summed E-state index contributed by atoms with van der Waals surface area (Å²) >= 11 is 1.52. The molecule has 12 heavy (non-hydrogen) atoms. The molecule has 0 amide bonds. The predicted molar refractivity (Wildman–Crippen MR) is 51.3 cm³/mol. The molecule has 0 spiro atoms. The third-order valence-corrected chi connectivity index (χ3v) is 2.55. The van der Waals surface area contributed by atoms with E-state index in [0.717, 1.165) is 6.42 Å². The van der Waals surface area contributed by atoms with Gasteiger partial charge in [-0.05, 0) is 13.8 Å². The molecule has 0 bridgehead atoms. The minimum absolute atomic E-state index is 0.126.